The molecule has 0 amide bonds. The summed E-state index contributed by atoms with van der Waals surface area (Å²) >= 11 is 12.4. The number of nitrogens with zero attached hydrogens (tertiary/aromatic N) is 3. The lowest BCUT2D eigenvalue weighted by molar-refractivity contribution is 0.306. The molecule has 106 valence electrons. The third-order valence-electron chi connectivity index (χ3n) is 2.83. The van der Waals surface area contributed by atoms with E-state index in [4.69, 9.17) is 27.9 Å². The highest BCUT2D eigenvalue weighted by atomic mass is 35.5. The van der Waals surface area contributed by atoms with Crippen LogP contribution in [0.4, 0.5) is 0 Å². The topological polar surface area (TPSA) is 63.7 Å². The van der Waals surface area contributed by atoms with E-state index in [2.05, 4.69) is 20.6 Å². The van der Waals surface area contributed by atoms with Crippen molar-refractivity contribution in [3.05, 3.63) is 58.1 Å². The molecule has 1 N–H and O–H groups in total. The van der Waals surface area contributed by atoms with Gasteiger partial charge in [-0.1, -0.05) is 53.5 Å². The van der Waals surface area contributed by atoms with E-state index >= 15 is 0 Å². The lowest BCUT2D eigenvalue weighted by Gasteiger charge is -2.11. The van der Waals surface area contributed by atoms with E-state index in [1.54, 1.807) is 12.1 Å². The van der Waals surface area contributed by atoms with Gasteiger partial charge in [-0.05, 0) is 22.9 Å². The summed E-state index contributed by atoms with van der Waals surface area (Å²) in [6.45, 7) is 0.391. The molecule has 0 unspecified atom stereocenters. The smallest absolute Gasteiger partial charge is 0.204 e. The van der Waals surface area contributed by atoms with Crippen LogP contribution in [0, 0.1) is 0 Å². The van der Waals surface area contributed by atoms with Gasteiger partial charge in [0.1, 0.15) is 6.61 Å². The fourth-order valence-corrected chi connectivity index (χ4v) is 2.44. The molecule has 7 heteroatoms. The number of H-pyrrole nitrogens is 1. The van der Waals surface area contributed by atoms with Crippen LogP contribution >= 0.6 is 23.2 Å². The largest absolute Gasteiger partial charge is 0.486 e. The Morgan fingerprint density at radius 1 is 1.05 bits per heavy atom. The van der Waals surface area contributed by atoms with Crippen LogP contribution in [0.5, 0.6) is 5.75 Å². The minimum Gasteiger partial charge on any atom is -0.486 e. The number of benzene rings is 2. The normalized spacial score (nSPS) is 10.6. The Morgan fingerprint density at radius 2 is 1.76 bits per heavy atom. The van der Waals surface area contributed by atoms with Gasteiger partial charge in [0.15, 0.2) is 5.75 Å². The van der Waals surface area contributed by atoms with Crippen LogP contribution in [-0.2, 0) is 6.61 Å². The van der Waals surface area contributed by atoms with Gasteiger partial charge in [-0.3, -0.25) is 0 Å². The molecule has 0 aliphatic heterocycles. The summed E-state index contributed by atoms with van der Waals surface area (Å²) < 4.78 is 5.70. The SMILES string of the molecule is Clc1cc(-c2nn[nH]n2)cc(Cl)c1OCc1ccccc1. The zero-order chi connectivity index (χ0) is 14.7. The zero-order valence-electron chi connectivity index (χ0n) is 10.8. The summed E-state index contributed by atoms with van der Waals surface area (Å²) in [4.78, 5) is 0. The van der Waals surface area contributed by atoms with Crippen molar-refractivity contribution in [1.29, 1.82) is 0 Å². The summed E-state index contributed by atoms with van der Waals surface area (Å²) in [5.74, 6) is 0.864. The number of rotatable bonds is 4. The number of halogens is 2. The first kappa shape index (κ1) is 13.9. The van der Waals surface area contributed by atoms with Crippen LogP contribution in [0.3, 0.4) is 0 Å². The molecular formula is C14H10Cl2N4O. The van der Waals surface area contributed by atoms with Crippen molar-refractivity contribution in [3.8, 4) is 17.1 Å². The van der Waals surface area contributed by atoms with Gasteiger partial charge in [-0.2, -0.15) is 5.21 Å². The molecule has 21 heavy (non-hydrogen) atoms. The maximum atomic E-state index is 6.22. The van der Waals surface area contributed by atoms with E-state index < -0.39 is 0 Å². The maximum absolute atomic E-state index is 6.22. The van der Waals surface area contributed by atoms with Gasteiger partial charge in [0.2, 0.25) is 5.82 Å². The molecule has 0 bridgehead atoms. The molecule has 0 saturated carbocycles. The summed E-state index contributed by atoms with van der Waals surface area (Å²) in [7, 11) is 0. The van der Waals surface area contributed by atoms with Crippen LogP contribution in [-0.4, -0.2) is 20.6 Å². The van der Waals surface area contributed by atoms with Crippen LogP contribution in [0.15, 0.2) is 42.5 Å². The minimum absolute atomic E-state index is 0.391. The predicted molar refractivity (Wildman–Crippen MR) is 80.4 cm³/mol. The van der Waals surface area contributed by atoms with Crippen molar-refractivity contribution in [2.45, 2.75) is 6.61 Å². The fourth-order valence-electron chi connectivity index (χ4n) is 1.84. The number of hydrogen-bond acceptors (Lipinski definition) is 4. The van der Waals surface area contributed by atoms with Crippen LogP contribution in [0.2, 0.25) is 10.0 Å². The molecule has 0 fully saturated rings. The molecule has 0 saturated heterocycles. The van der Waals surface area contributed by atoms with E-state index in [1.165, 1.54) is 0 Å². The number of aromatic amines is 1. The third kappa shape index (κ3) is 3.15. The fraction of sp³-hybridized carbons (Fsp3) is 0.0714. The van der Waals surface area contributed by atoms with Crippen LogP contribution in [0.25, 0.3) is 11.4 Å². The molecule has 5 nitrogen and oxygen atoms in total. The Balaban J connectivity index is 1.83. The van der Waals surface area contributed by atoms with Gasteiger partial charge in [-0.15, -0.1) is 10.2 Å². The Labute approximate surface area is 130 Å². The maximum Gasteiger partial charge on any atom is 0.204 e. The number of tetrazole rings is 1. The molecule has 1 heterocycles. The summed E-state index contributed by atoms with van der Waals surface area (Å²) in [5, 5.41) is 14.5. The molecule has 3 rings (SSSR count). The molecule has 3 aromatic rings. The summed E-state index contributed by atoms with van der Waals surface area (Å²) in [6.07, 6.45) is 0. The van der Waals surface area contributed by atoms with Crippen molar-refractivity contribution < 1.29 is 4.74 Å². The second-order valence-corrected chi connectivity index (χ2v) is 5.09. The molecule has 0 radical (unpaired) electrons. The third-order valence-corrected chi connectivity index (χ3v) is 3.39. The first-order valence-corrected chi connectivity index (χ1v) is 6.89. The Hall–Kier alpha value is -2.11. The molecule has 2 aromatic carbocycles. The summed E-state index contributed by atoms with van der Waals surface area (Å²) in [5.41, 5.74) is 1.71. The quantitative estimate of drug-likeness (QED) is 0.795. The Kier molecular flexibility index (Phi) is 4.03. The van der Waals surface area contributed by atoms with Crippen molar-refractivity contribution in [3.63, 3.8) is 0 Å². The number of ether oxygens (including phenoxy) is 1. The minimum atomic E-state index is 0.391. The monoisotopic (exact) mass is 320 g/mol. The van der Waals surface area contributed by atoms with Crippen LogP contribution in [0.1, 0.15) is 5.56 Å². The highest BCUT2D eigenvalue weighted by Crippen LogP contribution is 2.37. The van der Waals surface area contributed by atoms with Gasteiger partial charge >= 0.3 is 0 Å². The van der Waals surface area contributed by atoms with Crippen molar-refractivity contribution in [2.24, 2.45) is 0 Å². The van der Waals surface area contributed by atoms with E-state index in [9.17, 15) is 0 Å². The number of nitrogens with one attached hydrogen (secondary N) is 1. The van der Waals surface area contributed by atoms with Gasteiger partial charge in [-0.25, -0.2) is 0 Å². The van der Waals surface area contributed by atoms with Gasteiger partial charge < -0.3 is 4.74 Å². The zero-order valence-corrected chi connectivity index (χ0v) is 12.3. The van der Waals surface area contributed by atoms with Crippen LogP contribution < -0.4 is 4.74 Å². The lowest BCUT2D eigenvalue weighted by atomic mass is 10.2. The molecule has 0 aliphatic carbocycles. The first-order valence-electron chi connectivity index (χ1n) is 6.13. The number of hydrogen-bond donors (Lipinski definition) is 1. The molecular weight excluding hydrogens is 311 g/mol. The molecule has 0 atom stereocenters. The Morgan fingerprint density at radius 3 is 2.38 bits per heavy atom. The first-order chi connectivity index (χ1) is 10.2. The average Bonchev–Trinajstić information content (AvgIpc) is 3.01. The van der Waals surface area contributed by atoms with E-state index in [1.807, 2.05) is 30.3 Å². The Bertz CT molecular complexity index is 709. The molecule has 1 aromatic heterocycles. The lowest BCUT2D eigenvalue weighted by Crippen LogP contribution is -1.97. The highest BCUT2D eigenvalue weighted by molar-refractivity contribution is 6.37. The van der Waals surface area contributed by atoms with E-state index in [-0.39, 0.29) is 0 Å². The predicted octanol–water partition coefficient (Wildman–Crippen LogP) is 3.75. The van der Waals surface area contributed by atoms with Crippen molar-refractivity contribution in [1.82, 2.24) is 20.6 Å². The second-order valence-electron chi connectivity index (χ2n) is 4.28. The van der Waals surface area contributed by atoms with Gasteiger partial charge in [0.05, 0.1) is 10.0 Å². The standard InChI is InChI=1S/C14H10Cl2N4O/c15-11-6-10(14-17-19-20-18-14)7-12(16)13(11)21-8-9-4-2-1-3-5-9/h1-7H,8H2,(H,17,18,19,20). The average molecular weight is 321 g/mol. The van der Waals surface area contributed by atoms with E-state index in [0.29, 0.717) is 33.8 Å². The molecule has 0 aliphatic rings. The molecule has 0 spiro atoms. The second kappa shape index (κ2) is 6.11. The van der Waals surface area contributed by atoms with Gasteiger partial charge in [0, 0.05) is 5.56 Å². The van der Waals surface area contributed by atoms with Crippen molar-refractivity contribution in [2.75, 3.05) is 0 Å². The summed E-state index contributed by atoms with van der Waals surface area (Å²) in [6, 6.07) is 13.2. The number of aromatic nitrogens is 4. The van der Waals surface area contributed by atoms with Crippen molar-refractivity contribution >= 4 is 23.2 Å². The highest BCUT2D eigenvalue weighted by Gasteiger charge is 2.13. The van der Waals surface area contributed by atoms with E-state index in [0.717, 1.165) is 5.56 Å². The van der Waals surface area contributed by atoms with Gasteiger partial charge in [0.25, 0.3) is 0 Å².